The van der Waals surface area contributed by atoms with E-state index in [0.29, 0.717) is 47.8 Å². The van der Waals surface area contributed by atoms with Crippen LogP contribution in [0.3, 0.4) is 0 Å². The zero-order chi connectivity index (χ0) is 39.6. The molecule has 0 saturated heterocycles. The molecule has 2 N–H and O–H groups in total. The van der Waals surface area contributed by atoms with E-state index in [-0.39, 0.29) is 50.6 Å². The molecule has 0 bridgehead atoms. The fraction of sp³-hybridized carbons (Fsp3) is 0.523. The second-order valence-electron chi connectivity index (χ2n) is 15.6. The second-order valence-corrected chi connectivity index (χ2v) is 15.6. The number of rotatable bonds is 19. The third kappa shape index (κ3) is 9.69. The minimum Gasteiger partial charge on any atom is -0.459 e. The summed E-state index contributed by atoms with van der Waals surface area (Å²) in [5.74, 6) is -0.240. The Morgan fingerprint density at radius 1 is 1.04 bits per heavy atom. The van der Waals surface area contributed by atoms with Crippen LogP contribution in [0, 0.1) is 17.8 Å². The molecular weight excluding hydrogens is 700 g/mol. The smallest absolute Gasteiger partial charge is 0.409 e. The Labute approximate surface area is 325 Å². The lowest BCUT2D eigenvalue weighted by molar-refractivity contribution is -0.253. The van der Waals surface area contributed by atoms with Gasteiger partial charge in [0.15, 0.2) is 0 Å². The average Bonchev–Trinajstić information content (AvgIpc) is 3.17. The van der Waals surface area contributed by atoms with Crippen LogP contribution in [0.1, 0.15) is 94.0 Å². The monoisotopic (exact) mass is 758 g/mol. The molecule has 0 aromatic heterocycles. The standard InChI is InChI=1S/C44H58N2O9/c1-7-9-24-51-42(50)46(6)39-28-37(45-55-43(3,4)5)35-26-31(16-10-12-21-47)34(18-11-13-22-48)40-36-27-33(53-32-17-14-15-30(25-32)29-49)19-20-38(36)54-44(39,41(35)40)52-23-8-2/h7-8,14-15,17,19-20,25-27,29,31,34,39-41,47-48H,1-2,9-13,16,18,21-24,28H2,3-6H3/t31-,34+,39-,40+,41+,44+/m0/s1. The van der Waals surface area contributed by atoms with Gasteiger partial charge in [-0.25, -0.2) is 4.79 Å². The van der Waals surface area contributed by atoms with Gasteiger partial charge >= 0.3 is 6.09 Å². The molecule has 11 heteroatoms. The van der Waals surface area contributed by atoms with Gasteiger partial charge < -0.3 is 38.9 Å². The van der Waals surface area contributed by atoms with E-state index in [2.05, 4.69) is 19.2 Å². The molecule has 1 saturated carbocycles. The van der Waals surface area contributed by atoms with Crippen molar-refractivity contribution in [3.8, 4) is 17.2 Å². The van der Waals surface area contributed by atoms with E-state index in [4.69, 9.17) is 28.9 Å². The Bertz CT molecular complexity index is 1710. The van der Waals surface area contributed by atoms with E-state index in [1.807, 2.05) is 39.0 Å². The number of hydrogen-bond donors (Lipinski definition) is 2. The number of unbranched alkanes of at least 4 members (excludes halogenated alkanes) is 2. The summed E-state index contributed by atoms with van der Waals surface area (Å²) in [7, 11) is 1.70. The summed E-state index contributed by atoms with van der Waals surface area (Å²) in [6, 6.07) is 12.0. The molecule has 0 radical (unpaired) electrons. The molecule has 1 fully saturated rings. The molecule has 298 valence electrons. The number of aldehydes is 1. The van der Waals surface area contributed by atoms with E-state index in [9.17, 15) is 19.8 Å². The van der Waals surface area contributed by atoms with Crippen LogP contribution in [0.4, 0.5) is 4.79 Å². The lowest BCUT2D eigenvalue weighted by atomic mass is 9.55. The zero-order valence-corrected chi connectivity index (χ0v) is 32.8. The maximum absolute atomic E-state index is 13.8. The van der Waals surface area contributed by atoms with Crippen molar-refractivity contribution < 1.29 is 43.6 Å². The number of carbonyl (C=O) groups is 2. The molecule has 0 spiro atoms. The fourth-order valence-electron chi connectivity index (χ4n) is 8.23. The van der Waals surface area contributed by atoms with Crippen LogP contribution in [0.5, 0.6) is 17.2 Å². The van der Waals surface area contributed by atoms with Gasteiger partial charge in [-0.2, -0.15) is 0 Å². The molecule has 5 rings (SSSR count). The van der Waals surface area contributed by atoms with Crippen LogP contribution >= 0.6 is 0 Å². The first-order valence-electron chi connectivity index (χ1n) is 19.5. The summed E-state index contributed by atoms with van der Waals surface area (Å²) in [6.45, 7) is 14.1. The Morgan fingerprint density at radius 2 is 1.78 bits per heavy atom. The van der Waals surface area contributed by atoms with Gasteiger partial charge in [0, 0.05) is 43.7 Å². The maximum Gasteiger partial charge on any atom is 0.409 e. The second kappa shape index (κ2) is 18.9. The Morgan fingerprint density at radius 3 is 2.47 bits per heavy atom. The Hall–Kier alpha value is -4.45. The summed E-state index contributed by atoms with van der Waals surface area (Å²) in [4.78, 5) is 33.0. The first-order chi connectivity index (χ1) is 26.5. The summed E-state index contributed by atoms with van der Waals surface area (Å²) in [5, 5.41) is 24.5. The Kier molecular flexibility index (Phi) is 14.4. The highest BCUT2D eigenvalue weighted by Gasteiger charge is 2.65. The van der Waals surface area contributed by atoms with Gasteiger partial charge in [-0.05, 0) is 101 Å². The summed E-state index contributed by atoms with van der Waals surface area (Å²) in [5.41, 5.74) is 2.48. The number of allylic oxidation sites excluding steroid dienone is 1. The number of likely N-dealkylation sites (N-methyl/N-ethyl adjacent to an activating group) is 1. The highest BCUT2D eigenvalue weighted by Crippen LogP contribution is 2.62. The summed E-state index contributed by atoms with van der Waals surface area (Å²) in [6.07, 6.45) is 11.3. The lowest BCUT2D eigenvalue weighted by Crippen LogP contribution is -2.69. The van der Waals surface area contributed by atoms with Gasteiger partial charge in [-0.3, -0.25) is 4.79 Å². The van der Waals surface area contributed by atoms with Gasteiger partial charge in [-0.1, -0.05) is 48.4 Å². The van der Waals surface area contributed by atoms with Gasteiger partial charge in [0.05, 0.1) is 24.8 Å². The number of amides is 1. The van der Waals surface area contributed by atoms with Gasteiger partial charge in [0.2, 0.25) is 5.79 Å². The van der Waals surface area contributed by atoms with Crippen molar-refractivity contribution in [1.29, 1.82) is 0 Å². The molecule has 6 atom stereocenters. The number of oxime groups is 1. The van der Waals surface area contributed by atoms with Crippen LogP contribution in [-0.2, 0) is 14.3 Å². The molecule has 1 heterocycles. The van der Waals surface area contributed by atoms with Crippen LogP contribution in [-0.4, -0.2) is 84.1 Å². The van der Waals surface area contributed by atoms with Crippen molar-refractivity contribution in [2.75, 3.05) is 33.5 Å². The van der Waals surface area contributed by atoms with Gasteiger partial charge in [0.1, 0.15) is 35.2 Å². The first-order valence-corrected chi connectivity index (χ1v) is 19.5. The number of nitrogens with zero attached hydrogens (tertiary/aromatic N) is 2. The highest BCUT2D eigenvalue weighted by molar-refractivity contribution is 6.03. The number of fused-ring (bicyclic) bond motifs is 2. The normalized spacial score (nSPS) is 24.7. The van der Waals surface area contributed by atoms with Gasteiger partial charge in [0.25, 0.3) is 0 Å². The largest absolute Gasteiger partial charge is 0.459 e. The van der Waals surface area contributed by atoms with Crippen LogP contribution in [0.2, 0.25) is 0 Å². The molecule has 1 amide bonds. The molecule has 11 nitrogen and oxygen atoms in total. The predicted molar refractivity (Wildman–Crippen MR) is 212 cm³/mol. The number of hydrogen-bond acceptors (Lipinski definition) is 10. The van der Waals surface area contributed by atoms with Crippen molar-refractivity contribution in [2.45, 2.75) is 95.5 Å². The van der Waals surface area contributed by atoms with Crippen molar-refractivity contribution >= 4 is 18.1 Å². The van der Waals surface area contributed by atoms with Crippen LogP contribution in [0.15, 0.2) is 84.6 Å². The predicted octanol–water partition coefficient (Wildman–Crippen LogP) is 8.37. The zero-order valence-electron chi connectivity index (χ0n) is 32.8. The quantitative estimate of drug-likeness (QED) is 0.0627. The van der Waals surface area contributed by atoms with E-state index < -0.39 is 29.4 Å². The number of aliphatic hydroxyl groups excluding tert-OH is 2. The van der Waals surface area contributed by atoms with Crippen LogP contribution < -0.4 is 9.47 Å². The molecule has 0 unspecified atom stereocenters. The minimum atomic E-state index is -1.39. The SMILES string of the molecule is C=CCCOC(=O)N(C)[C@H]1CC(=NOC(C)(C)C)C2=C[C@H](CCCCO)[C@@H](CCCCO)[C@@H]3c4cc(Oc5cccc(C=O)c5)ccc4O[C@@]1(OCC=C)[C@H]23. The third-order valence-electron chi connectivity index (χ3n) is 10.6. The van der Waals surface area contributed by atoms with Crippen LogP contribution in [0.25, 0.3) is 0 Å². The fourth-order valence-corrected chi connectivity index (χ4v) is 8.23. The molecule has 3 aliphatic rings. The highest BCUT2D eigenvalue weighted by atomic mass is 16.7. The number of ether oxygens (including phenoxy) is 4. The number of aliphatic hydroxyl groups is 2. The van der Waals surface area contributed by atoms with E-state index >= 15 is 0 Å². The lowest BCUT2D eigenvalue weighted by Gasteiger charge is -2.59. The maximum atomic E-state index is 13.8. The summed E-state index contributed by atoms with van der Waals surface area (Å²) >= 11 is 0. The molecule has 2 aromatic carbocycles. The third-order valence-corrected chi connectivity index (χ3v) is 10.6. The van der Waals surface area contributed by atoms with E-state index in [1.165, 1.54) is 0 Å². The molecule has 1 aliphatic heterocycles. The minimum absolute atomic E-state index is 0.0513. The van der Waals surface area contributed by atoms with E-state index in [1.54, 1.807) is 48.4 Å². The topological polar surface area (TPSA) is 136 Å². The Balaban J connectivity index is 1.75. The van der Waals surface area contributed by atoms with Crippen molar-refractivity contribution in [2.24, 2.45) is 22.9 Å². The molecular formula is C44H58N2O9. The van der Waals surface area contributed by atoms with Crippen molar-refractivity contribution in [3.63, 3.8) is 0 Å². The molecule has 2 aromatic rings. The van der Waals surface area contributed by atoms with Gasteiger partial charge in [-0.15, -0.1) is 13.2 Å². The number of benzene rings is 2. The average molecular weight is 759 g/mol. The van der Waals surface area contributed by atoms with E-state index in [0.717, 1.165) is 43.1 Å². The first kappa shape index (κ1) is 41.7. The number of carbonyl (C=O) groups excluding carboxylic acids is 2. The molecule has 55 heavy (non-hydrogen) atoms. The van der Waals surface area contributed by atoms with Crippen molar-refractivity contribution in [3.05, 3.63) is 90.6 Å². The summed E-state index contributed by atoms with van der Waals surface area (Å²) < 4.78 is 26.1. The van der Waals surface area contributed by atoms with Crippen molar-refractivity contribution in [1.82, 2.24) is 4.90 Å². The molecule has 2 aliphatic carbocycles.